The van der Waals surface area contributed by atoms with Gasteiger partial charge >= 0.3 is 0 Å². The van der Waals surface area contributed by atoms with Gasteiger partial charge in [-0.3, -0.25) is 4.79 Å². The van der Waals surface area contributed by atoms with Crippen LogP contribution >= 0.6 is 0 Å². The van der Waals surface area contributed by atoms with E-state index in [1.807, 2.05) is 0 Å². The molecule has 4 unspecified atom stereocenters. The summed E-state index contributed by atoms with van der Waals surface area (Å²) >= 11 is 0. The third-order valence-electron chi connectivity index (χ3n) is 15.8. The molecule has 6 heteroatoms. The van der Waals surface area contributed by atoms with E-state index >= 15 is 0 Å². The smallest absolute Gasteiger partial charge is 0.249 e. The Morgan fingerprint density at radius 1 is 0.324 bits per heavy atom. The summed E-state index contributed by atoms with van der Waals surface area (Å²) in [4.78, 5) is 12.6. The third kappa shape index (κ3) is 55.3. The number of rotatable bonds is 62. The number of hydrogen-bond donors (Lipinski definition) is 5. The maximum atomic E-state index is 12.6. The molecule has 6 nitrogen and oxygen atoms in total. The van der Waals surface area contributed by atoms with Crippen molar-refractivity contribution < 1.29 is 25.2 Å². The molecule has 0 radical (unpaired) electrons. The Morgan fingerprint density at radius 2 is 0.568 bits per heavy atom. The van der Waals surface area contributed by atoms with Gasteiger partial charge in [0.05, 0.1) is 18.8 Å². The molecule has 0 saturated heterocycles. The Hall–Kier alpha value is -1.47. The van der Waals surface area contributed by atoms with Gasteiger partial charge < -0.3 is 25.7 Å². The van der Waals surface area contributed by atoms with E-state index in [1.165, 1.54) is 289 Å². The third-order valence-corrected chi connectivity index (χ3v) is 15.8. The van der Waals surface area contributed by atoms with Gasteiger partial charge in [0.2, 0.25) is 5.91 Å². The normalized spacial score (nSPS) is 13.8. The Bertz CT molecular complexity index is 1170. The van der Waals surface area contributed by atoms with E-state index < -0.39 is 36.9 Å². The van der Waals surface area contributed by atoms with Crippen molar-refractivity contribution in [3.05, 3.63) is 36.5 Å². The van der Waals surface area contributed by atoms with Gasteiger partial charge in [0.1, 0.15) is 12.2 Å². The first kappa shape index (κ1) is 72.5. The van der Waals surface area contributed by atoms with Crippen LogP contribution in [0.4, 0.5) is 0 Å². The average Bonchev–Trinajstić information content (AvgIpc) is 3.41. The quantitative estimate of drug-likeness (QED) is 0.0308. The van der Waals surface area contributed by atoms with Crippen LogP contribution in [0.2, 0.25) is 0 Å². The first-order chi connectivity index (χ1) is 36.5. The molecule has 0 aromatic carbocycles. The number of carbonyl (C=O) groups excluding carboxylic acids is 1. The van der Waals surface area contributed by atoms with Crippen LogP contribution in [0.25, 0.3) is 0 Å². The summed E-state index contributed by atoms with van der Waals surface area (Å²) in [7, 11) is 0. The van der Waals surface area contributed by atoms with E-state index in [0.29, 0.717) is 19.3 Å². The summed E-state index contributed by atoms with van der Waals surface area (Å²) in [6.45, 7) is 4.09. The minimum Gasteiger partial charge on any atom is -0.394 e. The van der Waals surface area contributed by atoms with Crippen LogP contribution in [-0.2, 0) is 4.79 Å². The Balaban J connectivity index is 3.61. The molecule has 0 aliphatic rings. The Morgan fingerprint density at radius 3 is 0.851 bits per heavy atom. The lowest BCUT2D eigenvalue weighted by Gasteiger charge is -2.27. The van der Waals surface area contributed by atoms with Crippen molar-refractivity contribution in [2.75, 3.05) is 6.61 Å². The number of unbranched alkanes of at least 4 members (excludes halogenated alkanes) is 47. The van der Waals surface area contributed by atoms with Crippen LogP contribution in [0.3, 0.4) is 0 Å². The number of amides is 1. The van der Waals surface area contributed by atoms with Gasteiger partial charge in [-0.2, -0.15) is 0 Å². The molecule has 0 spiro atoms. The topological polar surface area (TPSA) is 110 Å². The van der Waals surface area contributed by atoms with Crippen LogP contribution in [0.15, 0.2) is 36.5 Å². The molecular weight excluding hydrogens is 911 g/mol. The van der Waals surface area contributed by atoms with Crippen molar-refractivity contribution in [1.29, 1.82) is 0 Å². The van der Waals surface area contributed by atoms with Gasteiger partial charge in [0.25, 0.3) is 0 Å². The Labute approximate surface area is 462 Å². The zero-order chi connectivity index (χ0) is 53.7. The van der Waals surface area contributed by atoms with E-state index in [1.54, 1.807) is 0 Å². The highest BCUT2D eigenvalue weighted by Gasteiger charge is 2.28. The largest absolute Gasteiger partial charge is 0.394 e. The molecule has 74 heavy (non-hydrogen) atoms. The second kappa shape index (κ2) is 62.4. The summed E-state index contributed by atoms with van der Waals surface area (Å²) in [6, 6.07) is -1.01. The monoisotopic (exact) mass is 1040 g/mol. The molecule has 0 heterocycles. The first-order valence-corrected chi connectivity index (χ1v) is 33.4. The number of hydrogen-bond acceptors (Lipinski definition) is 5. The molecule has 0 aliphatic heterocycles. The van der Waals surface area contributed by atoms with Gasteiger partial charge in [-0.25, -0.2) is 0 Å². The van der Waals surface area contributed by atoms with Gasteiger partial charge in [-0.05, 0) is 77.0 Å². The zero-order valence-corrected chi connectivity index (χ0v) is 49.9. The highest BCUT2D eigenvalue weighted by molar-refractivity contribution is 5.80. The summed E-state index contributed by atoms with van der Waals surface area (Å²) in [5.41, 5.74) is 0. The summed E-state index contributed by atoms with van der Waals surface area (Å²) < 4.78 is 0. The highest BCUT2D eigenvalue weighted by atomic mass is 16.3. The Kier molecular flexibility index (Phi) is 61.1. The number of carbonyl (C=O) groups is 1. The van der Waals surface area contributed by atoms with Crippen molar-refractivity contribution in [1.82, 2.24) is 5.32 Å². The van der Waals surface area contributed by atoms with Crippen molar-refractivity contribution in [2.45, 2.75) is 385 Å². The van der Waals surface area contributed by atoms with E-state index in [-0.39, 0.29) is 0 Å². The number of aliphatic hydroxyl groups excluding tert-OH is 4. The summed E-state index contributed by atoms with van der Waals surface area (Å²) in [6.07, 6.45) is 79.8. The predicted molar refractivity (Wildman–Crippen MR) is 325 cm³/mol. The molecule has 5 N–H and O–H groups in total. The van der Waals surface area contributed by atoms with Crippen LogP contribution < -0.4 is 5.32 Å². The molecule has 0 fully saturated rings. The lowest BCUT2D eigenvalue weighted by Crippen LogP contribution is -2.53. The van der Waals surface area contributed by atoms with E-state index in [0.717, 1.165) is 38.5 Å². The van der Waals surface area contributed by atoms with Crippen molar-refractivity contribution in [3.8, 4) is 0 Å². The molecule has 0 rings (SSSR count). The van der Waals surface area contributed by atoms with Crippen molar-refractivity contribution in [2.24, 2.45) is 0 Å². The molecular formula is C68H131NO5. The maximum absolute atomic E-state index is 12.6. The zero-order valence-electron chi connectivity index (χ0n) is 49.9. The van der Waals surface area contributed by atoms with Gasteiger partial charge in [0, 0.05) is 0 Å². The molecule has 1 amide bonds. The summed E-state index contributed by atoms with van der Waals surface area (Å²) in [5.74, 6) is -0.594. The molecule has 0 aromatic rings. The standard InChI is InChI=1S/C68H131NO5/c1-3-5-7-9-11-13-15-17-19-21-23-25-27-29-31-32-33-34-35-36-38-39-41-43-45-47-49-51-53-55-57-59-61-65(71)67(73)64(63-70)69-68(74)66(72)62-60-58-56-54-52-50-48-46-44-42-40-37-30-28-26-24-22-20-18-16-14-12-10-8-6-4-2/h30,37,45,47,53,55,64-67,70-73H,3-29,31-36,38-44,46,48-52,54,56-63H2,1-2H3,(H,69,74)/b37-30-,47-45+,55-53+. The van der Waals surface area contributed by atoms with Crippen LogP contribution in [-0.4, -0.2) is 57.3 Å². The SMILES string of the molecule is CCCCCCCCCCCCCC/C=C\CCCCCCCCCCCCC(O)C(=O)NC(CO)C(O)C(O)CCC/C=C/CC/C=C/CCCCCCCCCCCCCCCCCCCCCCCCC. The molecule has 0 aliphatic carbocycles. The van der Waals surface area contributed by atoms with E-state index in [4.69, 9.17) is 0 Å². The van der Waals surface area contributed by atoms with E-state index in [2.05, 4.69) is 55.6 Å². The predicted octanol–water partition coefficient (Wildman–Crippen LogP) is 20.3. The van der Waals surface area contributed by atoms with Crippen molar-refractivity contribution >= 4 is 5.91 Å². The fraction of sp³-hybridized carbons (Fsp3) is 0.897. The summed E-state index contributed by atoms with van der Waals surface area (Å²) in [5, 5.41) is 44.1. The van der Waals surface area contributed by atoms with Gasteiger partial charge in [0.15, 0.2) is 0 Å². The molecule has 0 saturated carbocycles. The van der Waals surface area contributed by atoms with Gasteiger partial charge in [-0.15, -0.1) is 0 Å². The molecule has 4 atom stereocenters. The van der Waals surface area contributed by atoms with Crippen LogP contribution in [0.5, 0.6) is 0 Å². The highest BCUT2D eigenvalue weighted by Crippen LogP contribution is 2.18. The second-order valence-electron chi connectivity index (χ2n) is 23.2. The lowest BCUT2D eigenvalue weighted by molar-refractivity contribution is -0.132. The molecule has 0 aromatic heterocycles. The van der Waals surface area contributed by atoms with Gasteiger partial charge in [-0.1, -0.05) is 320 Å². The second-order valence-corrected chi connectivity index (χ2v) is 23.2. The molecule has 0 bridgehead atoms. The number of allylic oxidation sites excluding steroid dienone is 6. The number of aliphatic hydroxyl groups is 4. The minimum atomic E-state index is -1.29. The average molecular weight is 1040 g/mol. The maximum Gasteiger partial charge on any atom is 0.249 e. The van der Waals surface area contributed by atoms with Crippen molar-refractivity contribution in [3.63, 3.8) is 0 Å². The number of nitrogens with one attached hydrogen (secondary N) is 1. The molecule has 438 valence electrons. The van der Waals surface area contributed by atoms with E-state index in [9.17, 15) is 25.2 Å². The first-order valence-electron chi connectivity index (χ1n) is 33.4. The van der Waals surface area contributed by atoms with Crippen LogP contribution in [0, 0.1) is 0 Å². The minimum absolute atomic E-state index is 0.359. The fourth-order valence-corrected chi connectivity index (χ4v) is 10.6. The lowest BCUT2D eigenvalue weighted by atomic mass is 10.00. The fourth-order valence-electron chi connectivity index (χ4n) is 10.6. The van der Waals surface area contributed by atoms with Crippen LogP contribution in [0.1, 0.15) is 361 Å².